The van der Waals surface area contributed by atoms with Gasteiger partial charge in [0, 0.05) is 0 Å². The molecule has 8 fully saturated rings. The van der Waals surface area contributed by atoms with Gasteiger partial charge in [-0.1, -0.05) is 67.0 Å². The van der Waals surface area contributed by atoms with Crippen molar-refractivity contribution in [3.63, 3.8) is 0 Å². The van der Waals surface area contributed by atoms with Crippen molar-refractivity contribution in [1.82, 2.24) is 0 Å². The third-order valence-electron chi connectivity index (χ3n) is 21.9. The third-order valence-corrected chi connectivity index (χ3v) is 21.9. The van der Waals surface area contributed by atoms with E-state index in [1.54, 1.807) is 6.92 Å². The molecule has 0 aromatic heterocycles. The molecule has 0 amide bonds. The van der Waals surface area contributed by atoms with Crippen LogP contribution in [0.2, 0.25) is 0 Å². The number of carbonyl (C=O) groups excluding carboxylic acids is 1. The molecule has 9 aliphatic rings. The van der Waals surface area contributed by atoms with Gasteiger partial charge in [-0.05, 0) is 121 Å². The number of aliphatic hydroxyl groups excluding tert-OH is 12. The molecule has 440 valence electrons. The van der Waals surface area contributed by atoms with Gasteiger partial charge in [0.1, 0.15) is 79.4 Å². The Morgan fingerprint density at radius 2 is 1.19 bits per heavy atom. The largest absolute Gasteiger partial charge is 0.479 e. The van der Waals surface area contributed by atoms with E-state index in [2.05, 4.69) is 54.5 Å². The van der Waals surface area contributed by atoms with E-state index in [9.17, 15) is 76.0 Å². The number of carboxylic acids is 1. The molecule has 3 aliphatic heterocycles. The second-order valence-corrected chi connectivity index (χ2v) is 26.8. The van der Waals surface area contributed by atoms with Crippen LogP contribution < -0.4 is 0 Å². The fourth-order valence-electron chi connectivity index (χ4n) is 16.9. The van der Waals surface area contributed by atoms with Crippen molar-refractivity contribution >= 4 is 11.9 Å². The minimum atomic E-state index is -2.05. The number of carbonyl (C=O) groups is 2. The standard InChI is InChI=1S/C55H88O22/c1-23-19-26(33(59)36(62)32(23)58)71-43-38(64)35(61)28(22-57)73-47(43)76-44-40(66)39(65)42(45(68)69)75-48(44)74-31-12-13-52(6)29(51(31,4)5)11-14-54(8)30(52)10-9-24-25-20-50(2,3)15-17-55(25,18-16-53(24,54)7)49(70)77-46-41(67)37(63)34(60)27(21-56)72-46/h9,23,25-44,46-48,56-67H,10-22H2,1-8H3,(H,68,69)/t23-,25+,26-,27-,28-,29-,30+,31+,32+,33+,34-,35+,36-,37+,38+,39+,40+,41-,42+,43-,44-,46+,47+,48-,52+,53-,54-,55+/m1/s1. The maximum atomic E-state index is 14.8. The first-order valence-corrected chi connectivity index (χ1v) is 28.0. The second kappa shape index (κ2) is 21.3. The van der Waals surface area contributed by atoms with Gasteiger partial charge in [-0.15, -0.1) is 0 Å². The predicted molar refractivity (Wildman–Crippen MR) is 265 cm³/mol. The van der Waals surface area contributed by atoms with Crippen molar-refractivity contribution in [2.24, 2.45) is 56.2 Å². The Kier molecular flexibility index (Phi) is 16.5. The fourth-order valence-corrected chi connectivity index (χ4v) is 16.9. The van der Waals surface area contributed by atoms with Crippen LogP contribution in [-0.2, 0) is 42.7 Å². The molecule has 0 radical (unpaired) electrons. The normalized spacial score (nSPS) is 53.4. The fraction of sp³-hybridized carbons (Fsp3) is 0.927. The number of carboxylic acid groups (broad SMARTS) is 1. The van der Waals surface area contributed by atoms with Gasteiger partial charge in [-0.2, -0.15) is 0 Å². The monoisotopic (exact) mass is 1100 g/mol. The van der Waals surface area contributed by atoms with Crippen LogP contribution in [0, 0.1) is 56.2 Å². The van der Waals surface area contributed by atoms with Crippen LogP contribution in [-0.4, -0.2) is 214 Å². The molecular weight excluding hydrogens is 1010 g/mol. The highest BCUT2D eigenvalue weighted by molar-refractivity contribution is 5.79. The van der Waals surface area contributed by atoms with E-state index in [-0.39, 0.29) is 45.8 Å². The van der Waals surface area contributed by atoms with Crippen molar-refractivity contribution in [3.8, 4) is 0 Å². The molecule has 0 aromatic rings. The summed E-state index contributed by atoms with van der Waals surface area (Å²) in [6.07, 6.45) is -23.1. The van der Waals surface area contributed by atoms with E-state index in [0.29, 0.717) is 32.1 Å². The number of fused-ring (bicyclic) bond motifs is 7. The number of aliphatic hydroxyl groups is 12. The summed E-state index contributed by atoms with van der Waals surface area (Å²) in [7, 11) is 0. The molecule has 28 atom stereocenters. The number of aliphatic carboxylic acids is 1. The molecule has 3 saturated heterocycles. The zero-order chi connectivity index (χ0) is 56.4. The van der Waals surface area contributed by atoms with Gasteiger partial charge in [0.2, 0.25) is 6.29 Å². The van der Waals surface area contributed by atoms with Crippen molar-refractivity contribution in [2.45, 2.75) is 249 Å². The number of esters is 1. The number of ether oxygens (including phenoxy) is 7. The van der Waals surface area contributed by atoms with E-state index in [4.69, 9.17) is 33.2 Å². The Bertz CT molecular complexity index is 2180. The first kappa shape index (κ1) is 59.6. The zero-order valence-electron chi connectivity index (χ0n) is 45.6. The molecule has 0 bridgehead atoms. The minimum Gasteiger partial charge on any atom is -0.479 e. The SMILES string of the molecule is C[C@@H]1C[C@@H](O[C@H]2[C@H](O[C@H]3[C@H](O[C@H]4CC[C@@]5(C)[C@H](CC[C@]6(C)[C@H]5CC=C5[C@@H]7CC(C)(C)CC[C@]7(C(=O)O[C@@H]7O[C@H](CO)[C@@H](O)[C@H](O)[C@H]7O)CC[C@]56C)C4(C)C)O[C@H](C(=O)O)[C@@H](O)[C@@H]3O)O[C@H](CO)[C@H](O)[C@@H]2O)[C@H](O)[C@H](O)[C@H]1O. The summed E-state index contributed by atoms with van der Waals surface area (Å²) in [6, 6.07) is 0. The van der Waals surface area contributed by atoms with Crippen LogP contribution in [0.15, 0.2) is 11.6 Å². The topological polar surface area (TPSA) is 362 Å². The quantitative estimate of drug-likeness (QED) is 0.0721. The van der Waals surface area contributed by atoms with Gasteiger partial charge in [0.05, 0.1) is 36.9 Å². The molecule has 3 heterocycles. The number of rotatable bonds is 11. The highest BCUT2D eigenvalue weighted by Gasteiger charge is 2.70. The van der Waals surface area contributed by atoms with Crippen LogP contribution in [0.1, 0.15) is 126 Å². The minimum absolute atomic E-state index is 0.00450. The number of hydrogen-bond acceptors (Lipinski definition) is 21. The third kappa shape index (κ3) is 9.67. The van der Waals surface area contributed by atoms with Crippen LogP contribution in [0.3, 0.4) is 0 Å². The molecule has 6 aliphatic carbocycles. The predicted octanol–water partition coefficient (Wildman–Crippen LogP) is -0.252. The summed E-state index contributed by atoms with van der Waals surface area (Å²) in [6.45, 7) is 15.9. The smallest absolute Gasteiger partial charge is 0.335 e. The van der Waals surface area contributed by atoms with Gasteiger partial charge in [-0.3, -0.25) is 4.79 Å². The number of allylic oxidation sites excluding steroid dienone is 2. The summed E-state index contributed by atoms with van der Waals surface area (Å²) in [5.74, 6) is -2.69. The lowest BCUT2D eigenvalue weighted by Crippen LogP contribution is -2.68. The highest BCUT2D eigenvalue weighted by Crippen LogP contribution is 2.76. The van der Waals surface area contributed by atoms with Gasteiger partial charge in [0.15, 0.2) is 18.7 Å². The van der Waals surface area contributed by atoms with Gasteiger partial charge in [0.25, 0.3) is 0 Å². The lowest BCUT2D eigenvalue weighted by molar-refractivity contribution is -0.382. The molecule has 22 nitrogen and oxygen atoms in total. The molecule has 22 heteroatoms. The molecule has 77 heavy (non-hydrogen) atoms. The molecule has 9 rings (SSSR count). The highest BCUT2D eigenvalue weighted by atomic mass is 16.8. The summed E-state index contributed by atoms with van der Waals surface area (Å²) in [4.78, 5) is 27.4. The van der Waals surface area contributed by atoms with E-state index < -0.39 is 165 Å². The maximum absolute atomic E-state index is 14.8. The van der Waals surface area contributed by atoms with Gasteiger partial charge in [-0.25, -0.2) is 4.79 Å². The lowest BCUT2D eigenvalue weighted by Gasteiger charge is -2.71. The van der Waals surface area contributed by atoms with Crippen LogP contribution in [0.4, 0.5) is 0 Å². The Balaban J connectivity index is 0.972. The number of hydrogen-bond donors (Lipinski definition) is 13. The average molecular weight is 1100 g/mol. The molecule has 0 unspecified atom stereocenters. The molecule has 0 aromatic carbocycles. The maximum Gasteiger partial charge on any atom is 0.335 e. The molecule has 0 spiro atoms. The van der Waals surface area contributed by atoms with Crippen molar-refractivity contribution in [2.75, 3.05) is 13.2 Å². The Morgan fingerprint density at radius 1 is 0.610 bits per heavy atom. The summed E-state index contributed by atoms with van der Waals surface area (Å²) >= 11 is 0. The van der Waals surface area contributed by atoms with E-state index >= 15 is 0 Å². The van der Waals surface area contributed by atoms with Gasteiger partial charge >= 0.3 is 11.9 Å². The van der Waals surface area contributed by atoms with Crippen molar-refractivity contribution in [1.29, 1.82) is 0 Å². The molecular formula is C55H88O22. The van der Waals surface area contributed by atoms with Gasteiger partial charge < -0.3 is 99.5 Å². The Morgan fingerprint density at radius 3 is 1.84 bits per heavy atom. The Hall–Kier alpha value is -2.04. The average Bonchev–Trinajstić information content (AvgIpc) is 3.55. The van der Waals surface area contributed by atoms with Crippen LogP contribution >= 0.6 is 0 Å². The van der Waals surface area contributed by atoms with E-state index in [0.717, 1.165) is 32.1 Å². The second-order valence-electron chi connectivity index (χ2n) is 26.8. The van der Waals surface area contributed by atoms with Crippen molar-refractivity contribution in [3.05, 3.63) is 11.6 Å². The summed E-state index contributed by atoms with van der Waals surface area (Å²) in [5, 5.41) is 139. The Labute approximate surface area is 449 Å². The zero-order valence-corrected chi connectivity index (χ0v) is 45.6. The van der Waals surface area contributed by atoms with Crippen LogP contribution in [0.5, 0.6) is 0 Å². The first-order chi connectivity index (χ1) is 35.9. The molecule has 13 N–H and O–H groups in total. The summed E-state index contributed by atoms with van der Waals surface area (Å²) < 4.78 is 42.9. The van der Waals surface area contributed by atoms with Crippen molar-refractivity contribution < 1.29 is 109 Å². The van der Waals surface area contributed by atoms with E-state index in [1.807, 2.05) is 0 Å². The molecule has 5 saturated carbocycles. The first-order valence-electron chi connectivity index (χ1n) is 28.0. The van der Waals surface area contributed by atoms with E-state index in [1.165, 1.54) is 5.57 Å². The summed E-state index contributed by atoms with van der Waals surface area (Å²) in [5.41, 5.74) is -1.31. The van der Waals surface area contributed by atoms with Crippen LogP contribution in [0.25, 0.3) is 0 Å². The lowest BCUT2D eigenvalue weighted by atomic mass is 9.33.